The van der Waals surface area contributed by atoms with Gasteiger partial charge in [-0.05, 0) is 56.6 Å². The average molecular weight is 490 g/mol. The fraction of sp³-hybridized carbons (Fsp3) is 0.600. The van der Waals surface area contributed by atoms with Gasteiger partial charge in [-0.15, -0.1) is 0 Å². The van der Waals surface area contributed by atoms with Gasteiger partial charge in [0.1, 0.15) is 18.1 Å². The van der Waals surface area contributed by atoms with Crippen LogP contribution in [0, 0.1) is 5.92 Å². The first-order chi connectivity index (χ1) is 16.6. The summed E-state index contributed by atoms with van der Waals surface area (Å²) < 4.78 is 0. The highest BCUT2D eigenvalue weighted by molar-refractivity contribution is 5.94. The monoisotopic (exact) mass is 489 g/mol. The van der Waals surface area contributed by atoms with Crippen molar-refractivity contribution < 1.29 is 24.3 Å². The Morgan fingerprint density at radius 1 is 1.09 bits per heavy atom. The van der Waals surface area contributed by atoms with Crippen molar-refractivity contribution in [2.75, 3.05) is 13.1 Å². The molecule has 1 heterocycles. The molecule has 1 aromatic carbocycles. The van der Waals surface area contributed by atoms with E-state index < -0.39 is 47.9 Å². The summed E-state index contributed by atoms with van der Waals surface area (Å²) in [6.07, 6.45) is 2.90. The minimum absolute atomic E-state index is 0.263. The number of nitrogens with two attached hydrogens (primary N) is 2. The van der Waals surface area contributed by atoms with Crippen molar-refractivity contribution in [3.05, 3.63) is 35.9 Å². The first kappa shape index (κ1) is 28.3. The lowest BCUT2D eigenvalue weighted by Gasteiger charge is -2.30. The SMILES string of the molecule is CC(C)C(NC(=O)C(N)Cc1ccccc1)C(=O)NC(CCCCN)C(=O)N1CCCC1C(=O)O. The van der Waals surface area contributed by atoms with Gasteiger partial charge in [0.25, 0.3) is 0 Å². The molecule has 0 bridgehead atoms. The summed E-state index contributed by atoms with van der Waals surface area (Å²) in [4.78, 5) is 52.1. The van der Waals surface area contributed by atoms with E-state index in [9.17, 15) is 24.3 Å². The largest absolute Gasteiger partial charge is 0.480 e. The van der Waals surface area contributed by atoms with Gasteiger partial charge in [0.05, 0.1) is 6.04 Å². The molecule has 1 fully saturated rings. The molecule has 3 amide bonds. The van der Waals surface area contributed by atoms with E-state index in [1.54, 1.807) is 13.8 Å². The molecule has 0 spiro atoms. The Bertz CT molecular complexity index is 863. The number of amides is 3. The fourth-order valence-electron chi connectivity index (χ4n) is 4.26. The highest BCUT2D eigenvalue weighted by atomic mass is 16.4. The van der Waals surface area contributed by atoms with E-state index in [1.165, 1.54) is 4.90 Å². The van der Waals surface area contributed by atoms with Crippen molar-refractivity contribution in [3.8, 4) is 0 Å². The summed E-state index contributed by atoms with van der Waals surface area (Å²) in [6, 6.07) is 5.82. The molecule has 4 atom stereocenters. The maximum Gasteiger partial charge on any atom is 0.326 e. The van der Waals surface area contributed by atoms with Crippen LogP contribution in [0.1, 0.15) is 51.5 Å². The van der Waals surface area contributed by atoms with Gasteiger partial charge in [-0.2, -0.15) is 0 Å². The predicted molar refractivity (Wildman–Crippen MR) is 132 cm³/mol. The standard InChI is InChI=1S/C25H39N5O5/c1-16(2)21(29-22(31)18(27)15-17-9-4-3-5-10-17)23(32)28-19(11-6-7-13-26)24(33)30-14-8-12-20(30)25(34)35/h3-5,9-10,16,18-21H,6-8,11-15,26-27H2,1-2H3,(H,28,32)(H,29,31)(H,34,35). The molecule has 10 heteroatoms. The Labute approximate surface area is 206 Å². The van der Waals surface area contributed by atoms with Gasteiger partial charge in [0.15, 0.2) is 0 Å². The highest BCUT2D eigenvalue weighted by Crippen LogP contribution is 2.20. The number of nitrogens with one attached hydrogen (secondary N) is 2. The summed E-state index contributed by atoms with van der Waals surface area (Å²) in [5, 5.41) is 15.0. The first-order valence-electron chi connectivity index (χ1n) is 12.3. The van der Waals surface area contributed by atoms with Crippen LogP contribution < -0.4 is 22.1 Å². The van der Waals surface area contributed by atoms with Gasteiger partial charge >= 0.3 is 5.97 Å². The lowest BCUT2D eigenvalue weighted by Crippen LogP contribution is -2.58. The summed E-state index contributed by atoms with van der Waals surface area (Å²) >= 11 is 0. The Morgan fingerprint density at radius 3 is 2.37 bits per heavy atom. The Balaban J connectivity index is 2.09. The molecule has 0 aliphatic carbocycles. The minimum Gasteiger partial charge on any atom is -0.480 e. The van der Waals surface area contributed by atoms with Crippen LogP contribution in [0.2, 0.25) is 0 Å². The summed E-state index contributed by atoms with van der Waals surface area (Å²) in [7, 11) is 0. The number of carboxylic acid groups (broad SMARTS) is 1. The molecule has 4 unspecified atom stereocenters. The van der Waals surface area contributed by atoms with Crippen LogP contribution in [0.5, 0.6) is 0 Å². The lowest BCUT2D eigenvalue weighted by atomic mass is 10.00. The van der Waals surface area contributed by atoms with E-state index in [0.29, 0.717) is 51.6 Å². The zero-order valence-corrected chi connectivity index (χ0v) is 20.6. The summed E-state index contributed by atoms with van der Waals surface area (Å²) in [5.41, 5.74) is 12.6. The van der Waals surface area contributed by atoms with Crippen molar-refractivity contribution in [3.63, 3.8) is 0 Å². The van der Waals surface area contributed by atoms with Gasteiger partial charge < -0.3 is 32.1 Å². The van der Waals surface area contributed by atoms with Crippen LogP contribution in [0.3, 0.4) is 0 Å². The molecular formula is C25H39N5O5. The second-order valence-corrected chi connectivity index (χ2v) is 9.40. The molecule has 194 valence electrons. The Morgan fingerprint density at radius 2 is 1.77 bits per heavy atom. The van der Waals surface area contributed by atoms with Gasteiger partial charge in [0, 0.05) is 6.54 Å². The van der Waals surface area contributed by atoms with Crippen LogP contribution >= 0.6 is 0 Å². The van der Waals surface area contributed by atoms with E-state index in [2.05, 4.69) is 10.6 Å². The van der Waals surface area contributed by atoms with E-state index in [-0.39, 0.29) is 5.92 Å². The number of hydrogen-bond donors (Lipinski definition) is 5. The molecule has 1 aromatic rings. The zero-order valence-electron chi connectivity index (χ0n) is 20.6. The lowest BCUT2D eigenvalue weighted by molar-refractivity contribution is -0.149. The second-order valence-electron chi connectivity index (χ2n) is 9.40. The predicted octanol–water partition coefficient (Wildman–Crippen LogP) is 0.387. The molecule has 0 saturated carbocycles. The molecule has 0 radical (unpaired) electrons. The molecule has 1 saturated heterocycles. The number of hydrogen-bond acceptors (Lipinski definition) is 6. The molecule has 7 N–H and O–H groups in total. The maximum atomic E-state index is 13.2. The number of carboxylic acids is 1. The maximum absolute atomic E-state index is 13.2. The third-order valence-corrected chi connectivity index (χ3v) is 6.26. The van der Waals surface area contributed by atoms with E-state index in [1.807, 2.05) is 30.3 Å². The van der Waals surface area contributed by atoms with Crippen molar-refractivity contribution in [1.82, 2.24) is 15.5 Å². The number of rotatable bonds is 13. The van der Waals surface area contributed by atoms with Gasteiger partial charge in [-0.25, -0.2) is 4.79 Å². The number of nitrogens with zero attached hydrogens (tertiary/aromatic N) is 1. The topological polar surface area (TPSA) is 168 Å². The number of likely N-dealkylation sites (tertiary alicyclic amines) is 1. The van der Waals surface area contributed by atoms with Gasteiger partial charge in [-0.3, -0.25) is 14.4 Å². The molecule has 1 aliphatic heterocycles. The van der Waals surface area contributed by atoms with Crippen molar-refractivity contribution in [2.45, 2.75) is 76.5 Å². The normalized spacial score (nSPS) is 18.1. The van der Waals surface area contributed by atoms with Gasteiger partial charge in [0.2, 0.25) is 17.7 Å². The minimum atomic E-state index is -1.05. The molecule has 2 rings (SSSR count). The van der Waals surface area contributed by atoms with E-state index in [0.717, 1.165) is 5.56 Å². The highest BCUT2D eigenvalue weighted by Gasteiger charge is 2.38. The van der Waals surface area contributed by atoms with Crippen LogP contribution in [0.4, 0.5) is 0 Å². The van der Waals surface area contributed by atoms with Crippen molar-refractivity contribution in [1.29, 1.82) is 0 Å². The number of carbonyl (C=O) groups excluding carboxylic acids is 3. The molecule has 10 nitrogen and oxygen atoms in total. The molecule has 35 heavy (non-hydrogen) atoms. The number of benzene rings is 1. The number of carbonyl (C=O) groups is 4. The number of unbranched alkanes of at least 4 members (excludes halogenated alkanes) is 1. The van der Waals surface area contributed by atoms with Crippen LogP contribution in [-0.2, 0) is 25.6 Å². The molecular weight excluding hydrogens is 450 g/mol. The fourth-order valence-corrected chi connectivity index (χ4v) is 4.26. The second kappa shape index (κ2) is 13.8. The average Bonchev–Trinajstić information content (AvgIpc) is 3.32. The van der Waals surface area contributed by atoms with Crippen LogP contribution in [0.25, 0.3) is 0 Å². The van der Waals surface area contributed by atoms with Gasteiger partial charge in [-0.1, -0.05) is 44.2 Å². The van der Waals surface area contributed by atoms with Crippen LogP contribution in [0.15, 0.2) is 30.3 Å². The first-order valence-corrected chi connectivity index (χ1v) is 12.3. The van der Waals surface area contributed by atoms with E-state index in [4.69, 9.17) is 11.5 Å². The zero-order chi connectivity index (χ0) is 26.0. The molecule has 1 aliphatic rings. The summed E-state index contributed by atoms with van der Waals surface area (Å²) in [6.45, 7) is 4.36. The third kappa shape index (κ3) is 8.32. The Kier molecular flexibility index (Phi) is 11.1. The summed E-state index contributed by atoms with van der Waals surface area (Å²) in [5.74, 6) is -2.70. The van der Waals surface area contributed by atoms with E-state index >= 15 is 0 Å². The smallest absolute Gasteiger partial charge is 0.326 e. The third-order valence-electron chi connectivity index (χ3n) is 6.26. The quantitative estimate of drug-likeness (QED) is 0.250. The number of aliphatic carboxylic acids is 1. The van der Waals surface area contributed by atoms with Crippen LogP contribution in [-0.4, -0.2) is 71.0 Å². The van der Waals surface area contributed by atoms with Crippen molar-refractivity contribution >= 4 is 23.7 Å². The van der Waals surface area contributed by atoms with Crippen molar-refractivity contribution in [2.24, 2.45) is 17.4 Å². The molecule has 0 aromatic heterocycles. The Hall–Kier alpha value is -2.98.